The molecule has 168 valence electrons. The molecule has 0 saturated heterocycles. The van der Waals surface area contributed by atoms with Crippen LogP contribution in [0.4, 0.5) is 15.9 Å². The summed E-state index contributed by atoms with van der Waals surface area (Å²) in [7, 11) is 0. The van der Waals surface area contributed by atoms with E-state index in [1.807, 2.05) is 18.2 Å². The molecule has 0 fully saturated rings. The number of fused-ring (bicyclic) bond motifs is 3. The zero-order valence-electron chi connectivity index (χ0n) is 17.8. The van der Waals surface area contributed by atoms with E-state index < -0.39 is 5.97 Å². The van der Waals surface area contributed by atoms with Gasteiger partial charge in [-0.2, -0.15) is 0 Å². The summed E-state index contributed by atoms with van der Waals surface area (Å²) in [5, 5.41) is 10.7. The number of nitrogens with zero attached hydrogens (tertiary/aromatic N) is 3. The average molecular weight is 474 g/mol. The normalized spacial score (nSPS) is 13.4. The molecule has 3 aromatic carbocycles. The Balaban J connectivity index is 1.61. The van der Waals surface area contributed by atoms with Crippen molar-refractivity contribution in [2.24, 2.45) is 0 Å². The van der Waals surface area contributed by atoms with Gasteiger partial charge in [-0.15, -0.1) is 0 Å². The first-order chi connectivity index (χ1) is 16.5. The summed E-state index contributed by atoms with van der Waals surface area (Å²) in [4.78, 5) is 23.3. The van der Waals surface area contributed by atoms with E-state index in [4.69, 9.17) is 26.0 Å². The van der Waals surface area contributed by atoms with Crippen molar-refractivity contribution < 1.29 is 18.7 Å². The minimum absolute atomic E-state index is 0.130. The van der Waals surface area contributed by atoms with E-state index in [-0.39, 0.29) is 11.4 Å². The van der Waals surface area contributed by atoms with Gasteiger partial charge in [0, 0.05) is 22.6 Å². The Hall–Kier alpha value is -3.97. The monoisotopic (exact) mass is 473 g/mol. The number of aryl methyl sites for hydroxylation is 1. The van der Waals surface area contributed by atoms with Gasteiger partial charge in [-0.3, -0.25) is 0 Å². The number of carbonyl (C=O) groups is 1. The maximum absolute atomic E-state index is 13.8. The zero-order chi connectivity index (χ0) is 23.4. The SMILES string of the molecule is O=C(O)c1ccc2nc(-c3cc4cc(F)ccc4o3)c(N3CCCc4cc(Cl)ccc43)nc2c1. The molecule has 0 unspecified atom stereocenters. The van der Waals surface area contributed by atoms with Crippen LogP contribution in [0.3, 0.4) is 0 Å². The van der Waals surface area contributed by atoms with E-state index >= 15 is 0 Å². The molecule has 6 nitrogen and oxygen atoms in total. The quantitative estimate of drug-likeness (QED) is 0.317. The number of anilines is 2. The molecule has 0 aliphatic carbocycles. The van der Waals surface area contributed by atoms with Crippen molar-refractivity contribution in [3.05, 3.63) is 82.6 Å². The lowest BCUT2D eigenvalue weighted by Crippen LogP contribution is -2.26. The van der Waals surface area contributed by atoms with Crippen LogP contribution in [0.1, 0.15) is 22.3 Å². The van der Waals surface area contributed by atoms with E-state index in [9.17, 15) is 14.3 Å². The van der Waals surface area contributed by atoms with Crippen molar-refractivity contribution >= 4 is 51.1 Å². The third kappa shape index (κ3) is 3.45. The van der Waals surface area contributed by atoms with Crippen molar-refractivity contribution in [2.75, 3.05) is 11.4 Å². The van der Waals surface area contributed by atoms with Crippen LogP contribution in [0.15, 0.2) is 65.1 Å². The molecule has 0 spiro atoms. The van der Waals surface area contributed by atoms with Crippen LogP contribution in [-0.4, -0.2) is 27.6 Å². The van der Waals surface area contributed by atoms with Gasteiger partial charge in [0.25, 0.3) is 0 Å². The second-order valence-electron chi connectivity index (χ2n) is 8.23. The molecule has 1 N–H and O–H groups in total. The fraction of sp³-hybridized carbons (Fsp3) is 0.115. The summed E-state index contributed by atoms with van der Waals surface area (Å²) in [6, 6.07) is 16.5. The summed E-state index contributed by atoms with van der Waals surface area (Å²) < 4.78 is 19.8. The lowest BCUT2D eigenvalue weighted by atomic mass is 10.0. The predicted octanol–water partition coefficient (Wildman–Crippen LogP) is 6.62. The van der Waals surface area contributed by atoms with Crippen molar-refractivity contribution in [1.29, 1.82) is 0 Å². The van der Waals surface area contributed by atoms with Gasteiger partial charge in [0.05, 0.1) is 16.6 Å². The molecule has 0 bridgehead atoms. The van der Waals surface area contributed by atoms with Crippen LogP contribution < -0.4 is 4.90 Å². The molecule has 8 heteroatoms. The number of carboxylic acid groups (broad SMARTS) is 1. The maximum atomic E-state index is 13.8. The number of hydrogen-bond donors (Lipinski definition) is 1. The van der Waals surface area contributed by atoms with Gasteiger partial charge in [0.2, 0.25) is 0 Å². The number of benzene rings is 3. The number of rotatable bonds is 3. The number of furan rings is 1. The van der Waals surface area contributed by atoms with E-state index in [1.165, 1.54) is 24.3 Å². The van der Waals surface area contributed by atoms with Crippen LogP contribution >= 0.6 is 11.6 Å². The molecule has 34 heavy (non-hydrogen) atoms. The highest BCUT2D eigenvalue weighted by Crippen LogP contribution is 2.40. The minimum Gasteiger partial charge on any atom is -0.478 e. The van der Waals surface area contributed by atoms with Gasteiger partial charge in [-0.25, -0.2) is 19.2 Å². The van der Waals surface area contributed by atoms with Gasteiger partial charge in [0.1, 0.15) is 17.1 Å². The highest BCUT2D eigenvalue weighted by molar-refractivity contribution is 6.30. The first-order valence-electron chi connectivity index (χ1n) is 10.8. The number of aromatic nitrogens is 2. The van der Waals surface area contributed by atoms with Crippen LogP contribution in [0, 0.1) is 5.82 Å². The molecular weight excluding hydrogens is 457 g/mol. The molecule has 0 amide bonds. The fourth-order valence-corrected chi connectivity index (χ4v) is 4.64. The van der Waals surface area contributed by atoms with Crippen LogP contribution in [0.25, 0.3) is 33.5 Å². The summed E-state index contributed by atoms with van der Waals surface area (Å²) in [5.74, 6) is -0.398. The van der Waals surface area contributed by atoms with Crippen molar-refractivity contribution in [3.63, 3.8) is 0 Å². The Labute approximate surface area is 198 Å². The molecule has 1 aliphatic rings. The highest BCUT2D eigenvalue weighted by atomic mass is 35.5. The van der Waals surface area contributed by atoms with Gasteiger partial charge >= 0.3 is 5.97 Å². The summed E-state index contributed by atoms with van der Waals surface area (Å²) in [6.45, 7) is 0.690. The largest absolute Gasteiger partial charge is 0.478 e. The Morgan fingerprint density at radius 2 is 1.91 bits per heavy atom. The Morgan fingerprint density at radius 3 is 2.76 bits per heavy atom. The lowest BCUT2D eigenvalue weighted by Gasteiger charge is -2.31. The molecule has 5 aromatic rings. The molecule has 1 aliphatic heterocycles. The highest BCUT2D eigenvalue weighted by Gasteiger charge is 2.26. The van der Waals surface area contributed by atoms with E-state index in [0.717, 1.165) is 24.1 Å². The van der Waals surface area contributed by atoms with Gasteiger partial charge < -0.3 is 14.4 Å². The van der Waals surface area contributed by atoms with Crippen molar-refractivity contribution in [1.82, 2.24) is 9.97 Å². The fourth-order valence-electron chi connectivity index (χ4n) is 4.45. The molecular formula is C26H17ClFN3O3. The van der Waals surface area contributed by atoms with Crippen LogP contribution in [-0.2, 0) is 6.42 Å². The summed E-state index contributed by atoms with van der Waals surface area (Å²) >= 11 is 6.23. The Morgan fingerprint density at radius 1 is 1.03 bits per heavy atom. The average Bonchev–Trinajstić information content (AvgIpc) is 3.25. The van der Waals surface area contributed by atoms with Gasteiger partial charge in [-0.1, -0.05) is 11.6 Å². The van der Waals surface area contributed by atoms with Crippen LogP contribution in [0.2, 0.25) is 5.02 Å². The minimum atomic E-state index is -1.04. The second kappa shape index (κ2) is 7.81. The zero-order valence-corrected chi connectivity index (χ0v) is 18.5. The third-order valence-corrected chi connectivity index (χ3v) is 6.26. The molecule has 0 atom stereocenters. The molecule has 3 heterocycles. The van der Waals surface area contributed by atoms with Crippen molar-refractivity contribution in [3.8, 4) is 11.5 Å². The van der Waals surface area contributed by atoms with E-state index in [0.29, 0.717) is 50.8 Å². The lowest BCUT2D eigenvalue weighted by molar-refractivity contribution is 0.0697. The smallest absolute Gasteiger partial charge is 0.335 e. The van der Waals surface area contributed by atoms with E-state index in [2.05, 4.69) is 4.90 Å². The summed E-state index contributed by atoms with van der Waals surface area (Å²) in [6.07, 6.45) is 1.77. The second-order valence-corrected chi connectivity index (χ2v) is 8.66. The summed E-state index contributed by atoms with van der Waals surface area (Å²) in [5.41, 5.74) is 4.21. The number of aromatic carboxylic acids is 1. The Kier molecular flexibility index (Phi) is 4.74. The topological polar surface area (TPSA) is 79.5 Å². The number of hydrogen-bond acceptors (Lipinski definition) is 5. The molecule has 6 rings (SSSR count). The van der Waals surface area contributed by atoms with Gasteiger partial charge in [-0.05, 0) is 79.1 Å². The standard InChI is InChI=1S/C26H17ClFN3O3/c27-17-4-7-21-14(10-17)2-1-9-31(21)25-24(23-13-16-11-18(28)5-8-22(16)34-23)29-19-6-3-15(26(32)33)12-20(19)30-25/h3-8,10-13H,1-2,9H2,(H,32,33). The Bertz CT molecular complexity index is 1610. The van der Waals surface area contributed by atoms with E-state index in [1.54, 1.807) is 18.2 Å². The number of halogens is 2. The van der Waals surface area contributed by atoms with Crippen LogP contribution in [0.5, 0.6) is 0 Å². The predicted molar refractivity (Wildman–Crippen MR) is 128 cm³/mol. The molecule has 2 aromatic heterocycles. The van der Waals surface area contributed by atoms with Gasteiger partial charge in [0.15, 0.2) is 11.6 Å². The first-order valence-corrected chi connectivity index (χ1v) is 11.1. The maximum Gasteiger partial charge on any atom is 0.335 e. The molecule has 0 saturated carbocycles. The van der Waals surface area contributed by atoms with Crippen molar-refractivity contribution in [2.45, 2.75) is 12.8 Å². The third-order valence-electron chi connectivity index (χ3n) is 6.02. The first kappa shape index (κ1) is 20.6. The number of carboxylic acids is 1. The molecule has 0 radical (unpaired) electrons.